The number of aromatic nitrogens is 2. The smallest absolute Gasteiger partial charge is 0.388 e. The quantitative estimate of drug-likeness (QED) is 0.702. The zero-order valence-electron chi connectivity index (χ0n) is 9.95. The first-order valence-electron chi connectivity index (χ1n) is 5.55. The summed E-state index contributed by atoms with van der Waals surface area (Å²) in [6.45, 7) is 0. The van der Waals surface area contributed by atoms with Crippen LogP contribution in [0, 0.1) is 11.3 Å². The van der Waals surface area contributed by atoms with Gasteiger partial charge in [-0.15, -0.1) is 0 Å². The minimum absolute atomic E-state index is 0.0690. The van der Waals surface area contributed by atoms with Crippen molar-refractivity contribution in [3.05, 3.63) is 41.2 Å². The lowest BCUT2D eigenvalue weighted by molar-refractivity contribution is 0.103. The highest BCUT2D eigenvalue weighted by Gasteiger charge is 2.31. The Morgan fingerprint density at radius 3 is 2.55 bits per heavy atom. The number of nitrogens with zero attached hydrogens (tertiary/aromatic N) is 3. The first kappa shape index (κ1) is 11.8. The molecule has 2 N–H and O–H groups in total. The van der Waals surface area contributed by atoms with E-state index in [2.05, 4.69) is 14.7 Å². The van der Waals surface area contributed by atoms with Crippen LogP contribution in [-0.4, -0.2) is 21.8 Å². The topological polar surface area (TPSA) is 119 Å². The van der Waals surface area contributed by atoms with Gasteiger partial charge in [0.25, 0.3) is 5.88 Å². The summed E-state index contributed by atoms with van der Waals surface area (Å²) in [5.41, 5.74) is 6.03. The van der Waals surface area contributed by atoms with E-state index in [1.54, 1.807) is 30.3 Å². The van der Waals surface area contributed by atoms with Gasteiger partial charge in [0, 0.05) is 11.1 Å². The largest absolute Gasteiger partial charge is 0.411 e. The molecule has 0 atom stereocenters. The second kappa shape index (κ2) is 4.13. The molecule has 0 unspecified atom stereocenters. The van der Waals surface area contributed by atoms with Crippen molar-refractivity contribution in [1.82, 2.24) is 9.97 Å². The Morgan fingerprint density at radius 2 is 1.90 bits per heavy atom. The Hall–Kier alpha value is -3.27. The van der Waals surface area contributed by atoms with Crippen molar-refractivity contribution in [2.24, 2.45) is 5.73 Å². The van der Waals surface area contributed by atoms with Crippen molar-refractivity contribution < 1.29 is 14.3 Å². The summed E-state index contributed by atoms with van der Waals surface area (Å²) >= 11 is 0. The minimum Gasteiger partial charge on any atom is -0.388 e. The van der Waals surface area contributed by atoms with Crippen molar-refractivity contribution in [1.29, 1.82) is 5.26 Å². The second-order valence-electron chi connectivity index (χ2n) is 3.98. The molecule has 0 saturated carbocycles. The van der Waals surface area contributed by atoms with E-state index in [9.17, 15) is 9.59 Å². The van der Waals surface area contributed by atoms with E-state index in [0.29, 0.717) is 11.1 Å². The third-order valence-electron chi connectivity index (χ3n) is 2.81. The van der Waals surface area contributed by atoms with Gasteiger partial charge in [0.05, 0.1) is 0 Å². The van der Waals surface area contributed by atoms with Crippen molar-refractivity contribution in [2.45, 2.75) is 0 Å². The molecular formula is C13H6N4O3. The van der Waals surface area contributed by atoms with E-state index >= 15 is 0 Å². The molecule has 96 valence electrons. The van der Waals surface area contributed by atoms with Crippen LogP contribution in [0.25, 0.3) is 11.3 Å². The molecule has 0 radical (unpaired) electrons. The molecule has 1 aliphatic rings. The maximum Gasteiger partial charge on any atom is 0.411 e. The Labute approximate surface area is 112 Å². The molecule has 1 aliphatic carbocycles. The number of nitrogens with two attached hydrogens (primary N) is 1. The highest BCUT2D eigenvalue weighted by molar-refractivity contribution is 6.19. The molecule has 1 aromatic heterocycles. The van der Waals surface area contributed by atoms with Crippen molar-refractivity contribution >= 4 is 11.9 Å². The van der Waals surface area contributed by atoms with E-state index in [4.69, 9.17) is 11.0 Å². The molecule has 1 heterocycles. The zero-order valence-corrected chi connectivity index (χ0v) is 9.95. The van der Waals surface area contributed by atoms with Gasteiger partial charge in [0.15, 0.2) is 0 Å². The number of carbonyl (C=O) groups excluding carboxylic acids is 2. The number of hydrogen-bond donors (Lipinski definition) is 1. The summed E-state index contributed by atoms with van der Waals surface area (Å²) in [5.74, 6) is -0.617. The summed E-state index contributed by atoms with van der Waals surface area (Å²) in [6.07, 6.45) is -1.10. The standard InChI is InChI=1S/C13H6N4O3/c14-5-8-12(20-13(15)19)17-9-6-3-1-2-4-7(6)11(18)10(9)16-8/h1-4H,(H2,15,19). The molecule has 3 rings (SSSR count). The number of amides is 1. The number of ketones is 1. The van der Waals surface area contributed by atoms with E-state index < -0.39 is 6.09 Å². The van der Waals surface area contributed by atoms with E-state index in [0.717, 1.165) is 0 Å². The van der Waals surface area contributed by atoms with Crippen LogP contribution in [0.3, 0.4) is 0 Å². The van der Waals surface area contributed by atoms with Gasteiger partial charge in [-0.1, -0.05) is 24.3 Å². The van der Waals surface area contributed by atoms with Gasteiger partial charge >= 0.3 is 6.09 Å². The highest BCUT2D eigenvalue weighted by atomic mass is 16.6. The summed E-state index contributed by atoms with van der Waals surface area (Å²) in [6, 6.07) is 8.52. The van der Waals surface area contributed by atoms with Crippen LogP contribution < -0.4 is 10.5 Å². The lowest BCUT2D eigenvalue weighted by atomic mass is 10.1. The van der Waals surface area contributed by atoms with Gasteiger partial charge in [-0.25, -0.2) is 14.8 Å². The number of fused-ring (bicyclic) bond motifs is 3. The van der Waals surface area contributed by atoms with E-state index in [1.165, 1.54) is 0 Å². The molecule has 7 heteroatoms. The molecule has 0 aliphatic heterocycles. The average Bonchev–Trinajstić information content (AvgIpc) is 2.71. The van der Waals surface area contributed by atoms with Gasteiger partial charge in [0.1, 0.15) is 17.5 Å². The third kappa shape index (κ3) is 1.59. The van der Waals surface area contributed by atoms with Gasteiger partial charge in [0.2, 0.25) is 11.5 Å². The third-order valence-corrected chi connectivity index (χ3v) is 2.81. The summed E-state index contributed by atoms with van der Waals surface area (Å²) in [7, 11) is 0. The maximum atomic E-state index is 12.1. The molecule has 0 fully saturated rings. The first-order valence-corrected chi connectivity index (χ1v) is 5.55. The van der Waals surface area contributed by atoms with Crippen molar-refractivity contribution in [3.63, 3.8) is 0 Å². The number of primary amides is 1. The predicted octanol–water partition coefficient (Wildman–Crippen LogP) is 1.02. The molecule has 1 amide bonds. The van der Waals surface area contributed by atoms with Gasteiger partial charge in [-0.05, 0) is 0 Å². The lowest BCUT2D eigenvalue weighted by Gasteiger charge is -2.04. The number of hydrogen-bond acceptors (Lipinski definition) is 6. The second-order valence-corrected chi connectivity index (χ2v) is 3.98. The number of rotatable bonds is 1. The van der Waals surface area contributed by atoms with Crippen molar-refractivity contribution in [3.8, 4) is 23.2 Å². The number of nitriles is 1. The SMILES string of the molecule is N#Cc1nc2c(nc1OC(N)=O)-c1ccccc1C2=O. The van der Waals surface area contributed by atoms with Gasteiger partial charge in [-0.2, -0.15) is 5.26 Å². The first-order chi connectivity index (χ1) is 9.61. The van der Waals surface area contributed by atoms with Crippen LogP contribution in [0.4, 0.5) is 4.79 Å². The Kier molecular flexibility index (Phi) is 2.44. The van der Waals surface area contributed by atoms with Crippen LogP contribution in [0.5, 0.6) is 5.88 Å². The number of benzene rings is 1. The fourth-order valence-corrected chi connectivity index (χ4v) is 2.02. The maximum absolute atomic E-state index is 12.1. The summed E-state index contributed by atoms with van der Waals surface area (Å²) in [4.78, 5) is 30.9. The fraction of sp³-hybridized carbons (Fsp3) is 0. The molecule has 1 aromatic carbocycles. The Balaban J connectivity index is 2.26. The lowest BCUT2D eigenvalue weighted by Crippen LogP contribution is -2.18. The van der Waals surface area contributed by atoms with Gasteiger partial charge in [-0.3, -0.25) is 4.79 Å². The molecule has 0 spiro atoms. The fourth-order valence-electron chi connectivity index (χ4n) is 2.02. The van der Waals surface area contributed by atoms with Crippen molar-refractivity contribution in [2.75, 3.05) is 0 Å². The monoisotopic (exact) mass is 266 g/mol. The van der Waals surface area contributed by atoms with Crippen LogP contribution in [0.2, 0.25) is 0 Å². The van der Waals surface area contributed by atoms with E-state index in [1.807, 2.05) is 0 Å². The van der Waals surface area contributed by atoms with Crippen LogP contribution >= 0.6 is 0 Å². The number of ether oxygens (including phenoxy) is 1. The summed E-state index contributed by atoms with van der Waals surface area (Å²) < 4.78 is 4.64. The molecule has 0 saturated heterocycles. The summed E-state index contributed by atoms with van der Waals surface area (Å²) in [5, 5.41) is 8.97. The molecule has 2 aromatic rings. The van der Waals surface area contributed by atoms with E-state index in [-0.39, 0.29) is 28.7 Å². The predicted molar refractivity (Wildman–Crippen MR) is 65.8 cm³/mol. The Bertz CT molecular complexity index is 808. The Morgan fingerprint density at radius 1 is 1.20 bits per heavy atom. The number of carbonyl (C=O) groups is 2. The molecule has 7 nitrogen and oxygen atoms in total. The van der Waals surface area contributed by atoms with Crippen LogP contribution in [-0.2, 0) is 0 Å². The van der Waals surface area contributed by atoms with Crippen LogP contribution in [0.15, 0.2) is 24.3 Å². The molecular weight excluding hydrogens is 260 g/mol. The normalized spacial score (nSPS) is 11.4. The highest BCUT2D eigenvalue weighted by Crippen LogP contribution is 2.35. The van der Waals surface area contributed by atoms with Crippen LogP contribution in [0.1, 0.15) is 21.7 Å². The molecule has 20 heavy (non-hydrogen) atoms. The molecule has 0 bridgehead atoms. The van der Waals surface area contributed by atoms with Gasteiger partial charge < -0.3 is 10.5 Å². The minimum atomic E-state index is -1.10. The zero-order chi connectivity index (χ0) is 14.3. The average molecular weight is 266 g/mol.